The third-order valence-corrected chi connectivity index (χ3v) is 6.26. The molecule has 0 saturated carbocycles. The maximum atomic E-state index is 13.2. The van der Waals surface area contributed by atoms with E-state index in [4.69, 9.17) is 14.5 Å². The largest absolute Gasteiger partial charge is 0.497 e. The number of aryl methyl sites for hydroxylation is 2. The highest BCUT2D eigenvalue weighted by molar-refractivity contribution is 5.97. The van der Waals surface area contributed by atoms with Gasteiger partial charge in [-0.1, -0.05) is 24.3 Å². The molecule has 1 saturated heterocycles. The van der Waals surface area contributed by atoms with Crippen LogP contribution < -0.4 is 14.4 Å². The van der Waals surface area contributed by atoms with Gasteiger partial charge in [0.2, 0.25) is 0 Å². The predicted octanol–water partition coefficient (Wildman–Crippen LogP) is 4.05. The quantitative estimate of drug-likeness (QED) is 0.553. The minimum Gasteiger partial charge on any atom is -0.497 e. The average molecular weight is 461 g/mol. The summed E-state index contributed by atoms with van der Waals surface area (Å²) in [5.41, 5.74) is 3.90. The highest BCUT2D eigenvalue weighted by Crippen LogP contribution is 2.27. The van der Waals surface area contributed by atoms with Gasteiger partial charge in [0.25, 0.3) is 5.91 Å². The molecule has 2 heterocycles. The Labute approximate surface area is 201 Å². The Bertz CT molecular complexity index is 1150. The van der Waals surface area contributed by atoms with E-state index in [-0.39, 0.29) is 5.91 Å². The second-order valence-corrected chi connectivity index (χ2v) is 8.52. The lowest BCUT2D eigenvalue weighted by Gasteiger charge is -2.26. The summed E-state index contributed by atoms with van der Waals surface area (Å²) in [6, 6.07) is 15.5. The van der Waals surface area contributed by atoms with Gasteiger partial charge >= 0.3 is 0 Å². The number of anilines is 1. The first-order valence-electron chi connectivity index (χ1n) is 11.6. The summed E-state index contributed by atoms with van der Waals surface area (Å²) in [4.78, 5) is 27.0. The van der Waals surface area contributed by atoms with E-state index >= 15 is 0 Å². The first-order valence-corrected chi connectivity index (χ1v) is 11.6. The van der Waals surface area contributed by atoms with Crippen LogP contribution in [-0.4, -0.2) is 61.2 Å². The Balaban J connectivity index is 1.55. The lowest BCUT2D eigenvalue weighted by Crippen LogP contribution is -2.36. The van der Waals surface area contributed by atoms with Crippen molar-refractivity contribution in [3.05, 3.63) is 76.7 Å². The van der Waals surface area contributed by atoms with E-state index in [1.54, 1.807) is 14.2 Å². The molecule has 7 nitrogen and oxygen atoms in total. The van der Waals surface area contributed by atoms with Gasteiger partial charge in [-0.15, -0.1) is 0 Å². The number of carbonyl (C=O) groups is 1. The van der Waals surface area contributed by atoms with Crippen molar-refractivity contribution in [1.29, 1.82) is 0 Å². The van der Waals surface area contributed by atoms with Crippen LogP contribution in [0, 0.1) is 13.8 Å². The molecule has 0 N–H and O–H groups in total. The summed E-state index contributed by atoms with van der Waals surface area (Å²) in [6.07, 6.45) is 1.61. The van der Waals surface area contributed by atoms with Crippen molar-refractivity contribution >= 4 is 11.7 Å². The fraction of sp³-hybridized carbons (Fsp3) is 0.370. The number of methoxy groups -OCH3 is 2. The van der Waals surface area contributed by atoms with Gasteiger partial charge in [-0.25, -0.2) is 9.97 Å². The van der Waals surface area contributed by atoms with Gasteiger partial charge in [0.15, 0.2) is 0 Å². The monoisotopic (exact) mass is 460 g/mol. The van der Waals surface area contributed by atoms with Gasteiger partial charge < -0.3 is 19.3 Å². The maximum Gasteiger partial charge on any atom is 0.257 e. The summed E-state index contributed by atoms with van der Waals surface area (Å²) >= 11 is 0. The molecule has 4 rings (SSSR count). The van der Waals surface area contributed by atoms with Gasteiger partial charge in [-0.2, -0.15) is 0 Å². The molecule has 7 heteroatoms. The first-order chi connectivity index (χ1) is 16.5. The molecule has 0 radical (unpaired) electrons. The van der Waals surface area contributed by atoms with E-state index in [9.17, 15) is 4.79 Å². The van der Waals surface area contributed by atoms with Crippen molar-refractivity contribution in [1.82, 2.24) is 14.9 Å². The highest BCUT2D eigenvalue weighted by Gasteiger charge is 2.25. The predicted molar refractivity (Wildman–Crippen MR) is 133 cm³/mol. The van der Waals surface area contributed by atoms with Crippen LogP contribution >= 0.6 is 0 Å². The third kappa shape index (κ3) is 5.14. The summed E-state index contributed by atoms with van der Waals surface area (Å²) < 4.78 is 10.7. The zero-order valence-corrected chi connectivity index (χ0v) is 20.4. The molecule has 178 valence electrons. The second-order valence-electron chi connectivity index (χ2n) is 8.52. The molecule has 0 aliphatic carbocycles. The van der Waals surface area contributed by atoms with Crippen LogP contribution in [0.25, 0.3) is 0 Å². The summed E-state index contributed by atoms with van der Waals surface area (Å²) in [7, 11) is 3.27. The minimum absolute atomic E-state index is 0.00723. The topological polar surface area (TPSA) is 67.8 Å². The van der Waals surface area contributed by atoms with Gasteiger partial charge in [0.05, 0.1) is 19.8 Å². The zero-order valence-electron chi connectivity index (χ0n) is 20.4. The van der Waals surface area contributed by atoms with Gasteiger partial charge in [0.1, 0.15) is 23.1 Å². The molecular formula is C27H32N4O3. The molecule has 1 fully saturated rings. The van der Waals surface area contributed by atoms with E-state index in [0.29, 0.717) is 30.9 Å². The van der Waals surface area contributed by atoms with E-state index in [1.807, 2.05) is 55.1 Å². The molecule has 2 aromatic carbocycles. The Morgan fingerprint density at radius 2 is 1.68 bits per heavy atom. The number of amides is 1. The molecule has 34 heavy (non-hydrogen) atoms. The number of ether oxygens (including phenoxy) is 2. The molecule has 1 aliphatic heterocycles. The van der Waals surface area contributed by atoms with E-state index in [0.717, 1.165) is 48.0 Å². The molecule has 1 aromatic heterocycles. The smallest absolute Gasteiger partial charge is 0.257 e. The molecular weight excluding hydrogens is 428 g/mol. The normalized spacial score (nSPS) is 14.0. The number of hydrogen-bond acceptors (Lipinski definition) is 6. The molecule has 1 amide bonds. The van der Waals surface area contributed by atoms with Crippen LogP contribution in [0.15, 0.2) is 48.5 Å². The molecule has 0 bridgehead atoms. The SMILES string of the molecule is COc1ccc(Cc2c(C)nc(C)nc2N2CCCN(C(=O)c3ccccc3OC)CC2)cc1. The Morgan fingerprint density at radius 3 is 2.41 bits per heavy atom. The van der Waals surface area contributed by atoms with Gasteiger partial charge in [-0.3, -0.25) is 4.79 Å². The molecule has 3 aromatic rings. The lowest BCUT2D eigenvalue weighted by atomic mass is 10.0. The van der Waals surface area contributed by atoms with E-state index < -0.39 is 0 Å². The van der Waals surface area contributed by atoms with Crippen molar-refractivity contribution < 1.29 is 14.3 Å². The van der Waals surface area contributed by atoms with Crippen molar-refractivity contribution in [2.75, 3.05) is 45.3 Å². The van der Waals surface area contributed by atoms with Crippen molar-refractivity contribution in [3.63, 3.8) is 0 Å². The van der Waals surface area contributed by atoms with Gasteiger partial charge in [0, 0.05) is 43.9 Å². The third-order valence-electron chi connectivity index (χ3n) is 6.26. The number of para-hydroxylation sites is 1. The number of rotatable bonds is 6. The zero-order chi connectivity index (χ0) is 24.1. The number of benzene rings is 2. The molecule has 0 atom stereocenters. The first kappa shape index (κ1) is 23.5. The van der Waals surface area contributed by atoms with Crippen molar-refractivity contribution in [3.8, 4) is 11.5 Å². The van der Waals surface area contributed by atoms with Crippen molar-refractivity contribution in [2.45, 2.75) is 26.7 Å². The number of carbonyl (C=O) groups excluding carboxylic acids is 1. The standard InChI is InChI=1S/C27H32N4O3/c1-19-24(18-21-10-12-22(33-3)13-11-21)26(29-20(2)28-19)30-14-7-15-31(17-16-30)27(32)23-8-5-6-9-25(23)34-4/h5-6,8-13H,7,14-18H2,1-4H3. The van der Waals surface area contributed by atoms with Crippen LogP contribution in [0.2, 0.25) is 0 Å². The molecule has 0 spiro atoms. The van der Waals surface area contributed by atoms with Crippen molar-refractivity contribution in [2.24, 2.45) is 0 Å². The Hall–Kier alpha value is -3.61. The van der Waals surface area contributed by atoms with Crippen LogP contribution in [0.1, 0.15) is 39.4 Å². The minimum atomic E-state index is 0.00723. The lowest BCUT2D eigenvalue weighted by molar-refractivity contribution is 0.0763. The number of aromatic nitrogens is 2. The maximum absolute atomic E-state index is 13.2. The molecule has 1 aliphatic rings. The van der Waals surface area contributed by atoms with Gasteiger partial charge in [-0.05, 0) is 50.1 Å². The molecule has 0 unspecified atom stereocenters. The number of nitrogens with zero attached hydrogens (tertiary/aromatic N) is 4. The fourth-order valence-corrected chi connectivity index (χ4v) is 4.46. The summed E-state index contributed by atoms with van der Waals surface area (Å²) in [6.45, 7) is 6.86. The Kier molecular flexibility index (Phi) is 7.30. The van der Waals surface area contributed by atoms with Crippen LogP contribution in [0.5, 0.6) is 11.5 Å². The summed E-state index contributed by atoms with van der Waals surface area (Å²) in [5, 5.41) is 0. The van der Waals surface area contributed by atoms with Crippen LogP contribution in [0.3, 0.4) is 0 Å². The highest BCUT2D eigenvalue weighted by atomic mass is 16.5. The van der Waals surface area contributed by atoms with E-state index in [2.05, 4.69) is 22.0 Å². The van der Waals surface area contributed by atoms with E-state index in [1.165, 1.54) is 5.56 Å². The van der Waals surface area contributed by atoms with Crippen LogP contribution in [0.4, 0.5) is 5.82 Å². The van der Waals surface area contributed by atoms with Crippen LogP contribution in [-0.2, 0) is 6.42 Å². The fourth-order valence-electron chi connectivity index (χ4n) is 4.46. The average Bonchev–Trinajstić information content (AvgIpc) is 3.12. The Morgan fingerprint density at radius 1 is 0.912 bits per heavy atom. The number of hydrogen-bond donors (Lipinski definition) is 0. The second kappa shape index (κ2) is 10.5. The summed E-state index contributed by atoms with van der Waals surface area (Å²) in [5.74, 6) is 3.18.